The predicted molar refractivity (Wildman–Crippen MR) is 76.6 cm³/mol. The Balaban J connectivity index is 1.84. The Hall–Kier alpha value is -2.08. The Kier molecular flexibility index (Phi) is 4.35. The number of carbonyl (C=O) groups excluding carboxylic acids is 1. The fourth-order valence-corrected chi connectivity index (χ4v) is 1.63. The molecule has 0 saturated carbocycles. The van der Waals surface area contributed by atoms with E-state index in [1.807, 2.05) is 24.3 Å². The number of nitrogens with zero attached hydrogens (tertiary/aromatic N) is 1. The normalized spacial score (nSPS) is 10.6. The SMILES string of the molecule is Cc1cc(NC(=O)N/C=C/c2ccc(Br)cc2)no1. The number of halogens is 1. The van der Waals surface area contributed by atoms with Gasteiger partial charge in [-0.15, -0.1) is 0 Å². The van der Waals surface area contributed by atoms with Gasteiger partial charge in [0.2, 0.25) is 0 Å². The molecule has 1 aromatic carbocycles. The lowest BCUT2D eigenvalue weighted by atomic mass is 10.2. The van der Waals surface area contributed by atoms with E-state index in [1.165, 1.54) is 0 Å². The van der Waals surface area contributed by atoms with Crippen LogP contribution in [0.1, 0.15) is 11.3 Å². The molecule has 0 atom stereocenters. The second-order valence-corrected chi connectivity index (χ2v) is 4.72. The Morgan fingerprint density at radius 2 is 2.11 bits per heavy atom. The highest BCUT2D eigenvalue weighted by atomic mass is 79.9. The summed E-state index contributed by atoms with van der Waals surface area (Å²) in [4.78, 5) is 11.5. The highest BCUT2D eigenvalue weighted by molar-refractivity contribution is 9.10. The molecule has 0 fully saturated rings. The molecule has 2 N–H and O–H groups in total. The van der Waals surface area contributed by atoms with Gasteiger partial charge >= 0.3 is 6.03 Å². The smallest absolute Gasteiger partial charge is 0.324 e. The summed E-state index contributed by atoms with van der Waals surface area (Å²) in [6, 6.07) is 8.98. The third-order valence-corrected chi connectivity index (χ3v) is 2.76. The molecule has 6 heteroatoms. The van der Waals surface area contributed by atoms with Crippen molar-refractivity contribution < 1.29 is 9.32 Å². The number of benzene rings is 1. The molecule has 0 aliphatic carbocycles. The third-order valence-electron chi connectivity index (χ3n) is 2.23. The van der Waals surface area contributed by atoms with Crippen LogP contribution >= 0.6 is 15.9 Å². The number of aryl methyl sites for hydroxylation is 1. The highest BCUT2D eigenvalue weighted by Crippen LogP contribution is 2.11. The Bertz CT molecular complexity index is 590. The van der Waals surface area contributed by atoms with Crippen molar-refractivity contribution >= 4 is 33.9 Å². The van der Waals surface area contributed by atoms with E-state index in [0.29, 0.717) is 11.6 Å². The van der Waals surface area contributed by atoms with Crippen LogP contribution in [0.25, 0.3) is 6.08 Å². The van der Waals surface area contributed by atoms with Crippen LogP contribution in [0.4, 0.5) is 10.6 Å². The topological polar surface area (TPSA) is 67.2 Å². The van der Waals surface area contributed by atoms with Crippen molar-refractivity contribution in [2.45, 2.75) is 6.92 Å². The van der Waals surface area contributed by atoms with Crippen molar-refractivity contribution in [1.82, 2.24) is 10.5 Å². The van der Waals surface area contributed by atoms with Crippen molar-refractivity contribution in [3.05, 3.63) is 52.3 Å². The van der Waals surface area contributed by atoms with E-state index in [-0.39, 0.29) is 6.03 Å². The Morgan fingerprint density at radius 3 is 2.74 bits per heavy atom. The van der Waals surface area contributed by atoms with Gasteiger partial charge in [0.15, 0.2) is 5.82 Å². The number of rotatable bonds is 3. The van der Waals surface area contributed by atoms with Gasteiger partial charge in [0, 0.05) is 16.7 Å². The summed E-state index contributed by atoms with van der Waals surface area (Å²) in [5.41, 5.74) is 0.987. The first-order valence-electron chi connectivity index (χ1n) is 5.56. The average molecular weight is 322 g/mol. The molecule has 0 unspecified atom stereocenters. The third kappa shape index (κ3) is 4.26. The molecule has 0 aliphatic heterocycles. The van der Waals surface area contributed by atoms with E-state index in [4.69, 9.17) is 4.52 Å². The molecule has 1 aromatic heterocycles. The van der Waals surface area contributed by atoms with E-state index in [0.717, 1.165) is 10.0 Å². The number of anilines is 1. The Labute approximate surface area is 118 Å². The average Bonchev–Trinajstić information content (AvgIpc) is 2.77. The summed E-state index contributed by atoms with van der Waals surface area (Å²) in [6.07, 6.45) is 3.35. The number of amides is 2. The fraction of sp³-hybridized carbons (Fsp3) is 0.0769. The van der Waals surface area contributed by atoms with Crippen LogP contribution in [0, 0.1) is 6.92 Å². The number of aromatic nitrogens is 1. The maximum absolute atomic E-state index is 11.5. The molecule has 0 spiro atoms. The lowest BCUT2D eigenvalue weighted by Crippen LogP contribution is -2.23. The number of hydrogen-bond donors (Lipinski definition) is 2. The lowest BCUT2D eigenvalue weighted by molar-refractivity contribution is 0.255. The molecule has 2 rings (SSSR count). The largest absolute Gasteiger partial charge is 0.360 e. The zero-order valence-electron chi connectivity index (χ0n) is 10.2. The second-order valence-electron chi connectivity index (χ2n) is 3.81. The zero-order valence-corrected chi connectivity index (χ0v) is 11.8. The minimum Gasteiger partial charge on any atom is -0.360 e. The van der Waals surface area contributed by atoms with Crippen molar-refractivity contribution in [2.24, 2.45) is 0 Å². The van der Waals surface area contributed by atoms with Gasteiger partial charge in [-0.1, -0.05) is 33.2 Å². The minimum absolute atomic E-state index is 0.373. The number of urea groups is 1. The zero-order chi connectivity index (χ0) is 13.7. The molecular formula is C13H12BrN3O2. The van der Waals surface area contributed by atoms with Gasteiger partial charge in [-0.2, -0.15) is 0 Å². The second kappa shape index (κ2) is 6.19. The van der Waals surface area contributed by atoms with Crippen LogP contribution in [-0.4, -0.2) is 11.2 Å². The summed E-state index contributed by atoms with van der Waals surface area (Å²) in [5, 5.41) is 8.78. The molecule has 2 aromatic rings. The van der Waals surface area contributed by atoms with Gasteiger partial charge in [0.25, 0.3) is 0 Å². The first-order chi connectivity index (χ1) is 9.13. The maximum Gasteiger partial charge on any atom is 0.324 e. The first kappa shape index (κ1) is 13.4. The summed E-state index contributed by atoms with van der Waals surface area (Å²) in [7, 11) is 0. The molecule has 19 heavy (non-hydrogen) atoms. The molecule has 1 heterocycles. The predicted octanol–water partition coefficient (Wildman–Crippen LogP) is 3.54. The monoisotopic (exact) mass is 321 g/mol. The van der Waals surface area contributed by atoms with Crippen LogP contribution in [0.3, 0.4) is 0 Å². The van der Waals surface area contributed by atoms with E-state index in [1.54, 1.807) is 25.3 Å². The standard InChI is InChI=1S/C13H12BrN3O2/c1-9-8-12(17-19-9)16-13(18)15-7-6-10-2-4-11(14)5-3-10/h2-8H,1H3,(H2,15,16,17,18)/b7-6+. The van der Waals surface area contributed by atoms with Gasteiger partial charge in [0.05, 0.1) is 0 Å². The molecular weight excluding hydrogens is 310 g/mol. The highest BCUT2D eigenvalue weighted by Gasteiger charge is 2.03. The van der Waals surface area contributed by atoms with Gasteiger partial charge < -0.3 is 9.84 Å². The fourth-order valence-electron chi connectivity index (χ4n) is 1.37. The van der Waals surface area contributed by atoms with Crippen LogP contribution in [0.5, 0.6) is 0 Å². The summed E-state index contributed by atoms with van der Waals surface area (Å²) in [6.45, 7) is 1.75. The number of carbonyl (C=O) groups is 1. The first-order valence-corrected chi connectivity index (χ1v) is 6.36. The number of nitrogens with one attached hydrogen (secondary N) is 2. The van der Waals surface area contributed by atoms with Crippen LogP contribution in [-0.2, 0) is 0 Å². The van der Waals surface area contributed by atoms with Gasteiger partial charge in [-0.05, 0) is 30.7 Å². The van der Waals surface area contributed by atoms with Gasteiger partial charge in [-0.3, -0.25) is 5.32 Å². The maximum atomic E-state index is 11.5. The van der Waals surface area contributed by atoms with E-state index < -0.39 is 0 Å². The van der Waals surface area contributed by atoms with Crippen molar-refractivity contribution in [3.8, 4) is 0 Å². The van der Waals surface area contributed by atoms with Gasteiger partial charge in [0.1, 0.15) is 5.76 Å². The van der Waals surface area contributed by atoms with E-state index >= 15 is 0 Å². The molecule has 2 amide bonds. The summed E-state index contributed by atoms with van der Waals surface area (Å²) in [5.74, 6) is 1.02. The van der Waals surface area contributed by atoms with Crippen molar-refractivity contribution in [2.75, 3.05) is 5.32 Å². The van der Waals surface area contributed by atoms with Crippen LogP contribution in [0.15, 0.2) is 45.5 Å². The molecule has 5 nitrogen and oxygen atoms in total. The quantitative estimate of drug-likeness (QED) is 0.908. The molecule has 0 radical (unpaired) electrons. The molecule has 0 bridgehead atoms. The molecule has 98 valence electrons. The van der Waals surface area contributed by atoms with Crippen molar-refractivity contribution in [3.63, 3.8) is 0 Å². The van der Waals surface area contributed by atoms with Crippen LogP contribution < -0.4 is 10.6 Å². The van der Waals surface area contributed by atoms with Crippen LogP contribution in [0.2, 0.25) is 0 Å². The van der Waals surface area contributed by atoms with E-state index in [2.05, 4.69) is 31.7 Å². The minimum atomic E-state index is -0.373. The molecule has 0 saturated heterocycles. The summed E-state index contributed by atoms with van der Waals surface area (Å²) < 4.78 is 5.85. The Morgan fingerprint density at radius 1 is 1.37 bits per heavy atom. The summed E-state index contributed by atoms with van der Waals surface area (Å²) >= 11 is 3.36. The van der Waals surface area contributed by atoms with E-state index in [9.17, 15) is 4.79 Å². The van der Waals surface area contributed by atoms with Gasteiger partial charge in [-0.25, -0.2) is 4.79 Å². The van der Waals surface area contributed by atoms with Crippen molar-refractivity contribution in [1.29, 1.82) is 0 Å². The lowest BCUT2D eigenvalue weighted by Gasteiger charge is -1.99. The molecule has 0 aliphatic rings. The number of hydrogen-bond acceptors (Lipinski definition) is 3.